The molecule has 0 bridgehead atoms. The fourth-order valence-corrected chi connectivity index (χ4v) is 16.0. The van der Waals surface area contributed by atoms with Gasteiger partial charge in [0.05, 0.1) is 48.2 Å². The van der Waals surface area contributed by atoms with Crippen LogP contribution in [0.4, 0.5) is 19.2 Å². The minimum atomic E-state index is -1.32. The molecule has 28 heteroatoms. The molecule has 0 radical (unpaired) electrons. The standard InChI is InChI=1S/C77H114N6O22/c1-18-56-57(92-12)32-55(33-58(56)93-13)98-22-25-101-67(88)80-48-76(11)39-54(36-73(7,8)45-76)83-70(91)104-49-77(19-2,21-20-63(86)81-52-34-71(3,4)43-74(9,37-52)46-78-68(89)102-26-23-99-65-59(94-14)28-50(40-84)29-60(65)95-15)105-42-64(87)82-53-35-72(5,6)44-75(10,38-53)47-79-69(90)103-27-24-100-66-61(96-16)30-51(41-85)31-62(66)97-17/h18,28-33,40-41,52-54H,1,19-27,34-39,42-49H2,2-17H3,(H,78,89)(H,79,90)(H,80,88)(H,81,86)(H,82,87)(H,83,91). The van der Waals surface area contributed by atoms with Crippen molar-refractivity contribution in [3.63, 3.8) is 0 Å². The van der Waals surface area contributed by atoms with Crippen LogP contribution in [0.15, 0.2) is 43.0 Å². The Hall–Kier alpha value is -9.08. The maximum absolute atomic E-state index is 14.3. The molecule has 7 unspecified atom stereocenters. The number of rotatable bonds is 39. The Bertz CT molecular complexity index is 3250. The second kappa shape index (κ2) is 38.3. The summed E-state index contributed by atoms with van der Waals surface area (Å²) in [6.07, 6.45) is 6.19. The molecule has 3 aliphatic rings. The van der Waals surface area contributed by atoms with Crippen molar-refractivity contribution in [2.24, 2.45) is 32.5 Å². The summed E-state index contributed by atoms with van der Waals surface area (Å²) in [5, 5.41) is 18.3. The Morgan fingerprint density at radius 2 is 0.829 bits per heavy atom. The third kappa shape index (κ3) is 26.2. The third-order valence-corrected chi connectivity index (χ3v) is 19.5. The van der Waals surface area contributed by atoms with Crippen molar-refractivity contribution in [2.75, 3.05) is 115 Å². The Balaban J connectivity index is 1.07. The molecule has 3 aromatic rings. The average molecular weight is 1480 g/mol. The first-order chi connectivity index (χ1) is 49.6. The molecule has 6 N–H and O–H groups in total. The molecule has 7 atom stereocenters. The second-order valence-electron chi connectivity index (χ2n) is 31.2. The molecule has 28 nitrogen and oxygen atoms in total. The Morgan fingerprint density at radius 1 is 0.467 bits per heavy atom. The molecule has 3 saturated carbocycles. The summed E-state index contributed by atoms with van der Waals surface area (Å²) in [7, 11) is 8.80. The predicted molar refractivity (Wildman–Crippen MR) is 392 cm³/mol. The first kappa shape index (κ1) is 84.9. The van der Waals surface area contributed by atoms with E-state index in [0.29, 0.717) is 85.0 Å². The SMILES string of the molecule is C=Cc1c(OC)cc(OCCOC(=O)NCC2(C)CC(NC(=O)OCC(CC)(CCC(=O)NC3CC(C)(C)CC(C)(CNC(=O)OCCOc4c(OC)cc(C=O)cc4OC)C3)OCC(=O)NC3CC(C)(C)CC(C)(CNC(=O)OCCOc4c(OC)cc(C=O)cc4OC)C3)CC(C)(C)C2)cc1OC. The summed E-state index contributed by atoms with van der Waals surface area (Å²) >= 11 is 0. The molecule has 0 aliphatic heterocycles. The molecular weight excluding hydrogens is 1360 g/mol. The molecular formula is C77H114N6O22. The number of amides is 6. The number of ether oxygens (including phenoxy) is 14. The lowest BCUT2D eigenvalue weighted by molar-refractivity contribution is -0.141. The highest BCUT2D eigenvalue weighted by molar-refractivity contribution is 5.80. The zero-order valence-corrected chi connectivity index (χ0v) is 64.4. The molecule has 584 valence electrons. The van der Waals surface area contributed by atoms with Crippen LogP contribution in [0.3, 0.4) is 0 Å². The lowest BCUT2D eigenvalue weighted by Gasteiger charge is -2.47. The van der Waals surface area contributed by atoms with E-state index in [-0.39, 0.29) is 160 Å². The molecule has 3 aromatic carbocycles. The van der Waals surface area contributed by atoms with Gasteiger partial charge in [-0.25, -0.2) is 19.2 Å². The van der Waals surface area contributed by atoms with Crippen LogP contribution in [0.1, 0.15) is 173 Å². The van der Waals surface area contributed by atoms with Gasteiger partial charge in [0.2, 0.25) is 23.3 Å². The van der Waals surface area contributed by atoms with Gasteiger partial charge in [-0.2, -0.15) is 0 Å². The predicted octanol–water partition coefficient (Wildman–Crippen LogP) is 11.4. The van der Waals surface area contributed by atoms with Crippen LogP contribution < -0.4 is 74.5 Å². The lowest BCUT2D eigenvalue weighted by atomic mass is 9.62. The molecule has 0 aromatic heterocycles. The van der Waals surface area contributed by atoms with Crippen LogP contribution >= 0.6 is 0 Å². The molecule has 0 saturated heterocycles. The second-order valence-corrected chi connectivity index (χ2v) is 31.2. The highest BCUT2D eigenvalue weighted by Crippen LogP contribution is 2.49. The molecule has 3 fully saturated rings. The minimum absolute atomic E-state index is 0.0333. The summed E-state index contributed by atoms with van der Waals surface area (Å²) in [6, 6.07) is 8.46. The maximum Gasteiger partial charge on any atom is 0.407 e. The molecule has 0 heterocycles. The Morgan fingerprint density at radius 3 is 1.18 bits per heavy atom. The normalized spacial score (nSPS) is 21.8. The van der Waals surface area contributed by atoms with E-state index >= 15 is 0 Å². The number of aldehydes is 2. The van der Waals surface area contributed by atoms with Crippen molar-refractivity contribution >= 4 is 54.8 Å². The topological polar surface area (TPSA) is 338 Å². The van der Waals surface area contributed by atoms with Crippen LogP contribution in [0.5, 0.6) is 51.7 Å². The van der Waals surface area contributed by atoms with Crippen LogP contribution in [0, 0.1) is 32.5 Å². The van der Waals surface area contributed by atoms with Gasteiger partial charge in [-0.15, -0.1) is 0 Å². The van der Waals surface area contributed by atoms with E-state index in [0.717, 1.165) is 19.3 Å². The highest BCUT2D eigenvalue weighted by Gasteiger charge is 2.46. The highest BCUT2D eigenvalue weighted by atomic mass is 16.6. The van der Waals surface area contributed by atoms with Gasteiger partial charge in [-0.05, 0) is 127 Å². The molecule has 6 rings (SSSR count). The quantitative estimate of drug-likeness (QED) is 0.0175. The van der Waals surface area contributed by atoms with Crippen LogP contribution in [0.25, 0.3) is 6.08 Å². The van der Waals surface area contributed by atoms with Crippen molar-refractivity contribution in [2.45, 2.75) is 170 Å². The van der Waals surface area contributed by atoms with Crippen molar-refractivity contribution < 1.29 is 105 Å². The summed E-state index contributed by atoms with van der Waals surface area (Å²) in [5.74, 6) is 2.42. The smallest absolute Gasteiger partial charge is 0.407 e. The van der Waals surface area contributed by atoms with E-state index in [1.807, 2.05) is 13.8 Å². The third-order valence-electron chi connectivity index (χ3n) is 19.5. The van der Waals surface area contributed by atoms with Crippen molar-refractivity contribution in [3.8, 4) is 51.7 Å². The minimum Gasteiger partial charge on any atom is -0.496 e. The van der Waals surface area contributed by atoms with Crippen LogP contribution in [0.2, 0.25) is 0 Å². The van der Waals surface area contributed by atoms with Crippen molar-refractivity contribution in [1.29, 1.82) is 0 Å². The van der Waals surface area contributed by atoms with Crippen molar-refractivity contribution in [3.05, 3.63) is 59.7 Å². The summed E-state index contributed by atoms with van der Waals surface area (Å²) < 4.78 is 79.2. The fourth-order valence-electron chi connectivity index (χ4n) is 16.0. The van der Waals surface area contributed by atoms with Gasteiger partial charge in [0.15, 0.2) is 23.0 Å². The van der Waals surface area contributed by atoms with Crippen LogP contribution in [-0.4, -0.2) is 188 Å². The van der Waals surface area contributed by atoms with E-state index < -0.39 is 58.7 Å². The van der Waals surface area contributed by atoms with E-state index in [2.05, 4.69) is 93.9 Å². The van der Waals surface area contributed by atoms with Gasteiger partial charge in [-0.1, -0.05) is 81.9 Å². The van der Waals surface area contributed by atoms with Gasteiger partial charge in [-0.3, -0.25) is 19.2 Å². The fraction of sp³-hybridized carbons (Fsp3) is 0.636. The number of alkyl carbamates (subject to hydrolysis) is 4. The zero-order chi connectivity index (χ0) is 77.4. The Kier molecular flexibility index (Phi) is 30.9. The molecule has 105 heavy (non-hydrogen) atoms. The monoisotopic (exact) mass is 1470 g/mol. The van der Waals surface area contributed by atoms with Gasteiger partial charge >= 0.3 is 24.4 Å². The molecule has 0 spiro atoms. The van der Waals surface area contributed by atoms with E-state index in [1.54, 1.807) is 18.2 Å². The number of methoxy groups -OCH3 is 6. The number of benzene rings is 3. The van der Waals surface area contributed by atoms with E-state index in [4.69, 9.17) is 66.3 Å². The van der Waals surface area contributed by atoms with Crippen molar-refractivity contribution in [1.82, 2.24) is 31.9 Å². The Labute approximate surface area is 618 Å². The first-order valence-corrected chi connectivity index (χ1v) is 35.7. The van der Waals surface area contributed by atoms with E-state index in [9.17, 15) is 38.4 Å². The number of nitrogens with one attached hydrogen (secondary N) is 6. The lowest BCUT2D eigenvalue weighted by Crippen LogP contribution is -2.52. The zero-order valence-electron chi connectivity index (χ0n) is 64.4. The van der Waals surface area contributed by atoms with E-state index in [1.165, 1.54) is 66.9 Å². The number of carbonyl (C=O) groups excluding carboxylic acids is 8. The van der Waals surface area contributed by atoms with Gasteiger partial charge in [0, 0.05) is 67.4 Å². The average Bonchev–Trinajstić information content (AvgIpc) is 0.788. The van der Waals surface area contributed by atoms with Crippen LogP contribution in [-0.2, 0) is 33.3 Å². The summed E-state index contributed by atoms with van der Waals surface area (Å²) in [5.41, 5.74) is -2.15. The van der Waals surface area contributed by atoms with Gasteiger partial charge in [0.1, 0.15) is 88.3 Å². The summed E-state index contributed by atoms with van der Waals surface area (Å²) in [4.78, 5) is 105. The summed E-state index contributed by atoms with van der Waals surface area (Å²) in [6.45, 7) is 24.3. The first-order valence-electron chi connectivity index (χ1n) is 35.7. The number of carbonyl (C=O) groups is 8. The number of hydrogen-bond acceptors (Lipinski definition) is 22. The van der Waals surface area contributed by atoms with Gasteiger partial charge < -0.3 is 98.2 Å². The number of hydrogen-bond donors (Lipinski definition) is 6. The molecule has 3 aliphatic carbocycles. The maximum atomic E-state index is 14.3. The molecule has 6 amide bonds. The van der Waals surface area contributed by atoms with Gasteiger partial charge in [0.25, 0.3) is 0 Å². The largest absolute Gasteiger partial charge is 0.496 e.